The lowest BCUT2D eigenvalue weighted by atomic mass is 9.83. The molecule has 0 radical (unpaired) electrons. The molecule has 6 rings (SSSR count). The van der Waals surface area contributed by atoms with Gasteiger partial charge in [0.1, 0.15) is 5.58 Å². The van der Waals surface area contributed by atoms with Crippen LogP contribution in [0.1, 0.15) is 46.2 Å². The Balaban J connectivity index is 1.69. The van der Waals surface area contributed by atoms with E-state index in [-0.39, 0.29) is 29.2 Å². The number of hydrogen-bond donors (Lipinski definition) is 0. The number of nitrogens with zero attached hydrogens (tertiary/aromatic N) is 2. The van der Waals surface area contributed by atoms with Gasteiger partial charge in [-0.25, -0.2) is 0 Å². The number of carbonyl (C=O) groups excluding carboxylic acids is 2. The highest BCUT2D eigenvalue weighted by Crippen LogP contribution is 2.53. The van der Waals surface area contributed by atoms with Crippen molar-refractivity contribution in [1.29, 1.82) is 0 Å². The van der Waals surface area contributed by atoms with Crippen molar-refractivity contribution in [3.63, 3.8) is 0 Å². The second-order valence-electron chi connectivity index (χ2n) is 9.34. The van der Waals surface area contributed by atoms with Gasteiger partial charge in [0.2, 0.25) is 5.76 Å². The monoisotopic (exact) mass is 542 g/mol. The SMILES string of the molecule is CCCN1C(=O)C2(c3ccccc31)c1c(oc3ccc(Br)cc3c1=O)C(=O)N2Cc1ccc(C)cc1. The van der Waals surface area contributed by atoms with Crippen LogP contribution in [0.2, 0.25) is 0 Å². The third kappa shape index (κ3) is 2.99. The van der Waals surface area contributed by atoms with Crippen molar-refractivity contribution in [2.75, 3.05) is 11.4 Å². The zero-order chi connectivity index (χ0) is 25.2. The Labute approximate surface area is 216 Å². The molecule has 3 aromatic carbocycles. The number of para-hydroxylation sites is 1. The Morgan fingerprint density at radius 3 is 2.47 bits per heavy atom. The molecule has 0 bridgehead atoms. The molecule has 0 fully saturated rings. The molecule has 7 heteroatoms. The molecule has 2 aliphatic heterocycles. The number of carbonyl (C=O) groups is 2. The predicted octanol–water partition coefficient (Wildman–Crippen LogP) is 5.52. The molecule has 36 heavy (non-hydrogen) atoms. The number of benzene rings is 3. The van der Waals surface area contributed by atoms with E-state index in [0.29, 0.717) is 33.2 Å². The van der Waals surface area contributed by atoms with Gasteiger partial charge in [0.15, 0.2) is 11.0 Å². The normalized spacial score (nSPS) is 18.4. The average Bonchev–Trinajstić information content (AvgIpc) is 3.26. The number of amides is 2. The Hall–Kier alpha value is -3.71. The maximum atomic E-state index is 14.4. The van der Waals surface area contributed by atoms with Gasteiger partial charge < -0.3 is 14.2 Å². The Morgan fingerprint density at radius 1 is 0.972 bits per heavy atom. The summed E-state index contributed by atoms with van der Waals surface area (Å²) in [5.74, 6) is -0.830. The summed E-state index contributed by atoms with van der Waals surface area (Å²) in [5, 5.41) is 0.326. The number of anilines is 1. The highest BCUT2D eigenvalue weighted by Gasteiger charge is 2.64. The summed E-state index contributed by atoms with van der Waals surface area (Å²) < 4.78 is 6.81. The molecule has 0 saturated heterocycles. The molecule has 1 unspecified atom stereocenters. The van der Waals surface area contributed by atoms with Crippen LogP contribution in [0.4, 0.5) is 5.69 Å². The van der Waals surface area contributed by atoms with Gasteiger partial charge in [0, 0.05) is 23.1 Å². The van der Waals surface area contributed by atoms with Gasteiger partial charge in [-0.15, -0.1) is 0 Å². The Morgan fingerprint density at radius 2 is 1.72 bits per heavy atom. The third-order valence-electron chi connectivity index (χ3n) is 7.11. The minimum Gasteiger partial charge on any atom is -0.450 e. The topological polar surface area (TPSA) is 70.8 Å². The van der Waals surface area contributed by atoms with Crippen LogP contribution in [-0.2, 0) is 16.9 Å². The Bertz CT molecular complexity index is 1630. The summed E-state index contributed by atoms with van der Waals surface area (Å²) in [5.41, 5.74) is 1.74. The number of aryl methyl sites for hydroxylation is 1. The van der Waals surface area contributed by atoms with Gasteiger partial charge >= 0.3 is 0 Å². The molecule has 1 spiro atoms. The van der Waals surface area contributed by atoms with Crippen LogP contribution in [0.3, 0.4) is 0 Å². The minimum atomic E-state index is -1.60. The predicted molar refractivity (Wildman–Crippen MR) is 141 cm³/mol. The molecule has 0 saturated carbocycles. The first-order valence-corrected chi connectivity index (χ1v) is 12.7. The molecule has 1 aromatic heterocycles. The van der Waals surface area contributed by atoms with E-state index < -0.39 is 11.4 Å². The second kappa shape index (κ2) is 8.17. The van der Waals surface area contributed by atoms with E-state index in [1.165, 1.54) is 4.90 Å². The van der Waals surface area contributed by atoms with Crippen LogP contribution in [-0.4, -0.2) is 23.3 Å². The van der Waals surface area contributed by atoms with Crippen molar-refractivity contribution in [2.45, 2.75) is 32.4 Å². The summed E-state index contributed by atoms with van der Waals surface area (Å²) >= 11 is 3.43. The zero-order valence-electron chi connectivity index (χ0n) is 19.9. The molecule has 2 amide bonds. The maximum absolute atomic E-state index is 14.4. The molecule has 6 nitrogen and oxygen atoms in total. The highest BCUT2D eigenvalue weighted by atomic mass is 79.9. The van der Waals surface area contributed by atoms with E-state index >= 15 is 0 Å². The van der Waals surface area contributed by atoms with Crippen molar-refractivity contribution in [2.24, 2.45) is 0 Å². The lowest BCUT2D eigenvalue weighted by molar-refractivity contribution is -0.126. The van der Waals surface area contributed by atoms with E-state index in [2.05, 4.69) is 15.9 Å². The summed E-state index contributed by atoms with van der Waals surface area (Å²) in [4.78, 5) is 45.8. The lowest BCUT2D eigenvalue weighted by Gasteiger charge is -2.34. The van der Waals surface area contributed by atoms with Crippen molar-refractivity contribution in [1.82, 2.24) is 4.90 Å². The summed E-state index contributed by atoms with van der Waals surface area (Å²) in [6, 6.07) is 20.4. The van der Waals surface area contributed by atoms with Gasteiger partial charge in [0.05, 0.1) is 16.6 Å². The van der Waals surface area contributed by atoms with Crippen molar-refractivity contribution in [3.05, 3.63) is 109 Å². The highest BCUT2D eigenvalue weighted by molar-refractivity contribution is 9.10. The average molecular weight is 543 g/mol. The van der Waals surface area contributed by atoms with Crippen LogP contribution in [0.5, 0.6) is 0 Å². The molecule has 4 aromatic rings. The quantitative estimate of drug-likeness (QED) is 0.340. The summed E-state index contributed by atoms with van der Waals surface area (Å²) in [6.45, 7) is 4.62. The summed E-state index contributed by atoms with van der Waals surface area (Å²) in [7, 11) is 0. The number of fused-ring (bicyclic) bond motifs is 5. The van der Waals surface area contributed by atoms with Crippen LogP contribution in [0.25, 0.3) is 11.0 Å². The number of rotatable bonds is 4. The Kier molecular flexibility index (Phi) is 5.16. The standard InChI is InChI=1S/C29H23BrN2O4/c1-3-14-31-22-7-5-4-6-21(22)29(28(31)35)24-25(33)20-15-19(30)12-13-23(20)36-26(24)27(34)32(29)16-18-10-8-17(2)9-11-18/h4-13,15H,3,14,16H2,1-2H3. The van der Waals surface area contributed by atoms with Crippen LogP contribution in [0.15, 0.2) is 80.4 Å². The molecule has 180 valence electrons. The van der Waals surface area contributed by atoms with Crippen LogP contribution in [0, 0.1) is 6.92 Å². The smallest absolute Gasteiger partial charge is 0.291 e. The fraction of sp³-hybridized carbons (Fsp3) is 0.207. The van der Waals surface area contributed by atoms with Gasteiger partial charge in [0.25, 0.3) is 11.8 Å². The molecule has 0 N–H and O–H groups in total. The first kappa shape index (κ1) is 22.7. The van der Waals surface area contributed by atoms with Crippen LogP contribution >= 0.6 is 15.9 Å². The number of halogens is 1. The third-order valence-corrected chi connectivity index (χ3v) is 7.60. The van der Waals surface area contributed by atoms with E-state index in [1.54, 1.807) is 23.1 Å². The zero-order valence-corrected chi connectivity index (χ0v) is 21.5. The largest absolute Gasteiger partial charge is 0.450 e. The first-order valence-electron chi connectivity index (χ1n) is 11.9. The van der Waals surface area contributed by atoms with Crippen LogP contribution < -0.4 is 10.3 Å². The van der Waals surface area contributed by atoms with Gasteiger partial charge in [-0.3, -0.25) is 14.4 Å². The van der Waals surface area contributed by atoms with E-state index in [9.17, 15) is 14.4 Å². The fourth-order valence-corrected chi connectivity index (χ4v) is 5.87. The van der Waals surface area contributed by atoms with Gasteiger partial charge in [-0.05, 0) is 43.2 Å². The molecule has 0 aliphatic carbocycles. The fourth-order valence-electron chi connectivity index (χ4n) is 5.51. The summed E-state index contributed by atoms with van der Waals surface area (Å²) in [6.07, 6.45) is 0.730. The molecular weight excluding hydrogens is 520 g/mol. The maximum Gasteiger partial charge on any atom is 0.291 e. The lowest BCUT2D eigenvalue weighted by Crippen LogP contribution is -2.53. The van der Waals surface area contributed by atoms with E-state index in [4.69, 9.17) is 4.42 Å². The van der Waals surface area contributed by atoms with Gasteiger partial charge in [-0.2, -0.15) is 0 Å². The molecule has 3 heterocycles. The minimum absolute atomic E-state index is 0.0663. The van der Waals surface area contributed by atoms with Gasteiger partial charge in [-0.1, -0.05) is 70.9 Å². The van der Waals surface area contributed by atoms with Crippen molar-refractivity contribution in [3.8, 4) is 0 Å². The molecular formula is C29H23BrN2O4. The van der Waals surface area contributed by atoms with Crippen molar-refractivity contribution >= 4 is 44.4 Å². The van der Waals surface area contributed by atoms with Crippen molar-refractivity contribution < 1.29 is 14.0 Å². The molecule has 2 aliphatic rings. The molecule has 1 atom stereocenters. The number of hydrogen-bond acceptors (Lipinski definition) is 4. The van der Waals surface area contributed by atoms with E-state index in [0.717, 1.165) is 17.5 Å². The first-order chi connectivity index (χ1) is 17.4. The van der Waals surface area contributed by atoms with E-state index in [1.807, 2.05) is 62.4 Å². The second-order valence-corrected chi connectivity index (χ2v) is 10.3.